The SMILES string of the molecule is CC.COC(=O)C(C(=O)OC)C1CC(C)CCC1C(C)C. The van der Waals surface area contributed by atoms with E-state index in [4.69, 9.17) is 9.47 Å². The van der Waals surface area contributed by atoms with Crippen LogP contribution in [0.25, 0.3) is 0 Å². The Morgan fingerprint density at radius 3 is 1.81 bits per heavy atom. The lowest BCUT2D eigenvalue weighted by molar-refractivity contribution is -0.164. The van der Waals surface area contributed by atoms with E-state index in [1.54, 1.807) is 0 Å². The molecule has 1 rings (SSSR count). The lowest BCUT2D eigenvalue weighted by atomic mass is 9.65. The van der Waals surface area contributed by atoms with Crippen LogP contribution >= 0.6 is 0 Å². The molecule has 0 aromatic carbocycles. The minimum atomic E-state index is -0.773. The molecular weight excluding hydrogens is 268 g/mol. The van der Waals surface area contributed by atoms with Gasteiger partial charge in [-0.05, 0) is 36.5 Å². The lowest BCUT2D eigenvalue weighted by Crippen LogP contribution is -2.41. The number of hydrogen-bond donors (Lipinski definition) is 0. The average molecular weight is 300 g/mol. The van der Waals surface area contributed by atoms with Gasteiger partial charge in [-0.2, -0.15) is 0 Å². The Balaban J connectivity index is 0.00000191. The Bertz CT molecular complexity index is 309. The van der Waals surface area contributed by atoms with Crippen molar-refractivity contribution in [1.82, 2.24) is 0 Å². The second kappa shape index (κ2) is 9.80. The molecule has 3 atom stereocenters. The van der Waals surface area contributed by atoms with Crippen molar-refractivity contribution in [1.29, 1.82) is 0 Å². The highest BCUT2D eigenvalue weighted by molar-refractivity contribution is 5.95. The van der Waals surface area contributed by atoms with Crippen LogP contribution < -0.4 is 0 Å². The van der Waals surface area contributed by atoms with E-state index < -0.39 is 17.9 Å². The molecule has 4 heteroatoms. The van der Waals surface area contributed by atoms with Crippen molar-refractivity contribution in [3.05, 3.63) is 0 Å². The summed E-state index contributed by atoms with van der Waals surface area (Å²) in [6.45, 7) is 10.5. The van der Waals surface area contributed by atoms with Gasteiger partial charge in [0.1, 0.15) is 0 Å². The van der Waals surface area contributed by atoms with E-state index >= 15 is 0 Å². The summed E-state index contributed by atoms with van der Waals surface area (Å²) in [7, 11) is 2.66. The molecule has 0 spiro atoms. The van der Waals surface area contributed by atoms with E-state index in [2.05, 4.69) is 20.8 Å². The highest BCUT2D eigenvalue weighted by Gasteiger charge is 2.44. The third kappa shape index (κ3) is 5.33. The van der Waals surface area contributed by atoms with Crippen molar-refractivity contribution in [2.45, 2.75) is 53.9 Å². The Morgan fingerprint density at radius 1 is 0.952 bits per heavy atom. The number of hydrogen-bond acceptors (Lipinski definition) is 4. The molecule has 3 unspecified atom stereocenters. The topological polar surface area (TPSA) is 52.6 Å². The molecule has 1 saturated carbocycles. The van der Waals surface area contributed by atoms with Gasteiger partial charge in [-0.1, -0.05) is 41.0 Å². The standard InChI is InChI=1S/C15H26O4.C2H6/c1-9(2)11-7-6-10(3)8-12(11)13(14(16)18-4)15(17)19-5;1-2/h9-13H,6-8H2,1-5H3;1-2H3. The summed E-state index contributed by atoms with van der Waals surface area (Å²) in [6, 6.07) is 0. The predicted molar refractivity (Wildman–Crippen MR) is 83.7 cm³/mol. The highest BCUT2D eigenvalue weighted by atomic mass is 16.5. The summed E-state index contributed by atoms with van der Waals surface area (Å²) in [5, 5.41) is 0. The van der Waals surface area contributed by atoms with Crippen LogP contribution in [0.4, 0.5) is 0 Å². The van der Waals surface area contributed by atoms with Crippen molar-refractivity contribution in [3.63, 3.8) is 0 Å². The number of rotatable bonds is 4. The minimum absolute atomic E-state index is 0.0312. The first kappa shape index (κ1) is 19.9. The minimum Gasteiger partial charge on any atom is -0.468 e. The first-order valence-electron chi connectivity index (χ1n) is 8.08. The van der Waals surface area contributed by atoms with Gasteiger partial charge in [0.25, 0.3) is 0 Å². The van der Waals surface area contributed by atoms with E-state index in [1.807, 2.05) is 13.8 Å². The van der Waals surface area contributed by atoms with Gasteiger partial charge in [0, 0.05) is 0 Å². The van der Waals surface area contributed by atoms with Crippen LogP contribution in [0.2, 0.25) is 0 Å². The van der Waals surface area contributed by atoms with Crippen molar-refractivity contribution in [2.75, 3.05) is 14.2 Å². The molecule has 0 bridgehead atoms. The molecule has 124 valence electrons. The monoisotopic (exact) mass is 300 g/mol. The maximum absolute atomic E-state index is 12.0. The average Bonchev–Trinajstić information content (AvgIpc) is 2.48. The molecule has 0 aliphatic heterocycles. The van der Waals surface area contributed by atoms with Gasteiger partial charge < -0.3 is 9.47 Å². The summed E-state index contributed by atoms with van der Waals surface area (Å²) in [4.78, 5) is 23.9. The van der Waals surface area contributed by atoms with E-state index in [0.717, 1.165) is 19.3 Å². The van der Waals surface area contributed by atoms with Gasteiger partial charge in [-0.3, -0.25) is 9.59 Å². The molecule has 1 aliphatic rings. The van der Waals surface area contributed by atoms with Crippen LogP contribution in [0, 0.1) is 29.6 Å². The largest absolute Gasteiger partial charge is 0.468 e. The van der Waals surface area contributed by atoms with Gasteiger partial charge in [0.15, 0.2) is 5.92 Å². The fraction of sp³-hybridized carbons (Fsp3) is 0.882. The van der Waals surface area contributed by atoms with Gasteiger partial charge in [0.2, 0.25) is 0 Å². The van der Waals surface area contributed by atoms with E-state index in [0.29, 0.717) is 17.8 Å². The second-order valence-electron chi connectivity index (χ2n) is 6.01. The maximum atomic E-state index is 12.0. The quantitative estimate of drug-likeness (QED) is 0.587. The zero-order valence-electron chi connectivity index (χ0n) is 14.6. The molecule has 0 heterocycles. The summed E-state index contributed by atoms with van der Waals surface area (Å²) >= 11 is 0. The van der Waals surface area contributed by atoms with Crippen molar-refractivity contribution in [2.24, 2.45) is 29.6 Å². The van der Waals surface area contributed by atoms with Crippen molar-refractivity contribution in [3.8, 4) is 0 Å². The Morgan fingerprint density at radius 2 is 1.43 bits per heavy atom. The summed E-state index contributed by atoms with van der Waals surface area (Å²) in [5.74, 6) is -0.299. The summed E-state index contributed by atoms with van der Waals surface area (Å²) in [6.07, 6.45) is 3.11. The van der Waals surface area contributed by atoms with Crippen molar-refractivity contribution >= 4 is 11.9 Å². The fourth-order valence-electron chi connectivity index (χ4n) is 3.36. The molecule has 0 aromatic heterocycles. The third-order valence-electron chi connectivity index (χ3n) is 4.41. The molecule has 0 aromatic rings. The van der Waals surface area contributed by atoms with E-state index in [1.165, 1.54) is 14.2 Å². The second-order valence-corrected chi connectivity index (χ2v) is 6.01. The van der Waals surface area contributed by atoms with Crippen LogP contribution in [0.15, 0.2) is 0 Å². The maximum Gasteiger partial charge on any atom is 0.320 e. The van der Waals surface area contributed by atoms with Crippen LogP contribution in [0.1, 0.15) is 53.9 Å². The first-order valence-corrected chi connectivity index (χ1v) is 8.08. The number of esters is 2. The van der Waals surface area contributed by atoms with Crippen LogP contribution in [-0.2, 0) is 19.1 Å². The fourth-order valence-corrected chi connectivity index (χ4v) is 3.36. The Hall–Kier alpha value is -1.06. The van der Waals surface area contributed by atoms with Crippen LogP contribution in [-0.4, -0.2) is 26.2 Å². The number of carbonyl (C=O) groups is 2. The Kier molecular flexibility index (Phi) is 9.31. The number of carbonyl (C=O) groups excluding carboxylic acids is 2. The van der Waals surface area contributed by atoms with Gasteiger partial charge in [-0.25, -0.2) is 0 Å². The summed E-state index contributed by atoms with van der Waals surface area (Å²) in [5.41, 5.74) is 0. The van der Waals surface area contributed by atoms with Gasteiger partial charge in [0.05, 0.1) is 14.2 Å². The van der Waals surface area contributed by atoms with Gasteiger partial charge >= 0.3 is 11.9 Å². The number of methoxy groups -OCH3 is 2. The third-order valence-corrected chi connectivity index (χ3v) is 4.41. The smallest absolute Gasteiger partial charge is 0.320 e. The van der Waals surface area contributed by atoms with Crippen LogP contribution in [0.5, 0.6) is 0 Å². The molecule has 1 aliphatic carbocycles. The molecule has 4 nitrogen and oxygen atoms in total. The zero-order chi connectivity index (χ0) is 16.6. The highest BCUT2D eigenvalue weighted by Crippen LogP contribution is 2.42. The molecule has 1 fully saturated rings. The molecule has 0 N–H and O–H groups in total. The number of ether oxygens (including phenoxy) is 2. The normalized spacial score (nSPS) is 25.1. The molecule has 0 amide bonds. The Labute approximate surface area is 129 Å². The summed E-state index contributed by atoms with van der Waals surface area (Å²) < 4.78 is 9.62. The molecule has 0 saturated heterocycles. The predicted octanol–water partition coefficient (Wildman–Crippen LogP) is 3.68. The van der Waals surface area contributed by atoms with Crippen molar-refractivity contribution < 1.29 is 19.1 Å². The molecule has 0 radical (unpaired) electrons. The molecular formula is C17H32O4. The zero-order valence-corrected chi connectivity index (χ0v) is 14.6. The molecule has 21 heavy (non-hydrogen) atoms. The van der Waals surface area contributed by atoms with E-state index in [9.17, 15) is 9.59 Å². The van der Waals surface area contributed by atoms with Gasteiger partial charge in [-0.15, -0.1) is 0 Å². The van der Waals surface area contributed by atoms with Crippen LogP contribution in [0.3, 0.4) is 0 Å². The first-order chi connectivity index (χ1) is 9.92. The lowest BCUT2D eigenvalue weighted by Gasteiger charge is -2.39. The van der Waals surface area contributed by atoms with E-state index in [-0.39, 0.29) is 5.92 Å².